The Morgan fingerprint density at radius 3 is 2.31 bits per heavy atom. The van der Waals surface area contributed by atoms with E-state index in [1.807, 2.05) is 30.3 Å². The van der Waals surface area contributed by atoms with Crippen molar-refractivity contribution in [1.29, 1.82) is 0 Å². The predicted octanol–water partition coefficient (Wildman–Crippen LogP) is 4.65. The van der Waals surface area contributed by atoms with Crippen LogP contribution in [0.3, 0.4) is 0 Å². The van der Waals surface area contributed by atoms with Crippen LogP contribution in [0.15, 0.2) is 78.4 Å². The molecule has 0 bridgehead atoms. The minimum Gasteiger partial charge on any atom is -0.497 e. The molecule has 1 aliphatic rings. The van der Waals surface area contributed by atoms with Crippen LogP contribution in [0, 0.1) is 0 Å². The molecule has 0 N–H and O–H groups in total. The number of carbonyl (C=O) groups is 2. The van der Waals surface area contributed by atoms with E-state index in [4.69, 9.17) is 18.9 Å². The summed E-state index contributed by atoms with van der Waals surface area (Å²) in [4.78, 5) is 26.6. The summed E-state index contributed by atoms with van der Waals surface area (Å²) < 4.78 is 21.2. The smallest absolute Gasteiger partial charge is 0.317 e. The lowest BCUT2D eigenvalue weighted by Gasteiger charge is -2.19. The topological polar surface area (TPSA) is 71.1 Å². The number of hydrogen-bond acceptors (Lipinski definition) is 6. The summed E-state index contributed by atoms with van der Waals surface area (Å²) in [6, 6.07) is 21.3. The summed E-state index contributed by atoms with van der Waals surface area (Å²) in [7, 11) is 2.87. The van der Waals surface area contributed by atoms with Gasteiger partial charge in [-0.05, 0) is 53.6 Å². The van der Waals surface area contributed by atoms with Crippen molar-refractivity contribution in [2.24, 2.45) is 0 Å². The minimum absolute atomic E-state index is 0.110. The van der Waals surface area contributed by atoms with Gasteiger partial charge < -0.3 is 18.9 Å². The molecular formula is C26H22O6. The molecule has 0 saturated carbocycles. The Labute approximate surface area is 186 Å². The average Bonchev–Trinajstić information content (AvgIpc) is 3.32. The Bertz CT molecular complexity index is 1150. The fourth-order valence-electron chi connectivity index (χ4n) is 3.57. The van der Waals surface area contributed by atoms with Crippen molar-refractivity contribution in [3.05, 3.63) is 95.1 Å². The van der Waals surface area contributed by atoms with Gasteiger partial charge in [-0.15, -0.1) is 0 Å². The molecule has 0 fully saturated rings. The van der Waals surface area contributed by atoms with E-state index in [1.165, 1.54) is 7.11 Å². The largest absolute Gasteiger partial charge is 0.497 e. The van der Waals surface area contributed by atoms with Gasteiger partial charge in [0.25, 0.3) is 0 Å². The van der Waals surface area contributed by atoms with Crippen LogP contribution >= 0.6 is 0 Å². The maximum atomic E-state index is 13.6. The van der Waals surface area contributed by atoms with E-state index in [0.717, 1.165) is 5.56 Å². The molecule has 1 atom stereocenters. The molecule has 0 saturated heterocycles. The SMILES string of the molecule is COC(=O)C(/C(=C\c1ccccc1)C(=O)c1ccc(OC)cc1)c1ccc2c(c1)OCO2. The van der Waals surface area contributed by atoms with Crippen LogP contribution < -0.4 is 14.2 Å². The van der Waals surface area contributed by atoms with Gasteiger partial charge in [0.1, 0.15) is 11.7 Å². The molecule has 162 valence electrons. The third kappa shape index (κ3) is 4.34. The highest BCUT2D eigenvalue weighted by atomic mass is 16.7. The van der Waals surface area contributed by atoms with Gasteiger partial charge in [-0.25, -0.2) is 0 Å². The molecule has 32 heavy (non-hydrogen) atoms. The standard InChI is InChI=1S/C26H22O6/c1-29-20-11-8-18(9-12-20)25(27)21(14-17-6-4-3-5-7-17)24(26(28)30-2)19-10-13-22-23(15-19)32-16-31-22/h3-15,24H,16H2,1-2H3/b21-14+. The molecule has 1 heterocycles. The van der Waals surface area contributed by atoms with Crippen LogP contribution in [-0.4, -0.2) is 32.8 Å². The maximum Gasteiger partial charge on any atom is 0.317 e. The van der Waals surface area contributed by atoms with E-state index in [2.05, 4.69) is 0 Å². The van der Waals surface area contributed by atoms with E-state index in [0.29, 0.717) is 28.4 Å². The Morgan fingerprint density at radius 2 is 1.62 bits per heavy atom. The van der Waals surface area contributed by atoms with E-state index in [9.17, 15) is 9.59 Å². The second-order valence-corrected chi connectivity index (χ2v) is 7.14. The average molecular weight is 430 g/mol. The number of ether oxygens (including phenoxy) is 4. The van der Waals surface area contributed by atoms with Crippen LogP contribution in [0.25, 0.3) is 6.08 Å². The summed E-state index contributed by atoms with van der Waals surface area (Å²) in [5.74, 6) is -0.0444. The van der Waals surface area contributed by atoms with Crippen LogP contribution in [0.5, 0.6) is 17.2 Å². The van der Waals surface area contributed by atoms with Gasteiger partial charge in [-0.1, -0.05) is 36.4 Å². The minimum atomic E-state index is -0.954. The highest BCUT2D eigenvalue weighted by Crippen LogP contribution is 2.38. The van der Waals surface area contributed by atoms with Crippen molar-refractivity contribution in [1.82, 2.24) is 0 Å². The fourth-order valence-corrected chi connectivity index (χ4v) is 3.57. The van der Waals surface area contributed by atoms with Crippen LogP contribution in [0.4, 0.5) is 0 Å². The molecule has 4 rings (SSSR count). The number of rotatable bonds is 7. The summed E-state index contributed by atoms with van der Waals surface area (Å²) in [5.41, 5.74) is 2.08. The summed E-state index contributed by atoms with van der Waals surface area (Å²) in [6.45, 7) is 0.110. The van der Waals surface area contributed by atoms with Crippen molar-refractivity contribution in [3.8, 4) is 17.2 Å². The third-order valence-electron chi connectivity index (χ3n) is 5.21. The zero-order valence-electron chi connectivity index (χ0n) is 17.7. The van der Waals surface area contributed by atoms with E-state index in [1.54, 1.807) is 55.7 Å². The number of carbonyl (C=O) groups excluding carboxylic acids is 2. The first kappa shape index (κ1) is 21.2. The van der Waals surface area contributed by atoms with Crippen molar-refractivity contribution in [2.75, 3.05) is 21.0 Å². The highest BCUT2D eigenvalue weighted by Gasteiger charge is 2.32. The Kier molecular flexibility index (Phi) is 6.22. The molecule has 0 aliphatic carbocycles. The quantitative estimate of drug-likeness (QED) is 0.309. The normalized spacial score (nSPS) is 13.4. The molecule has 0 radical (unpaired) electrons. The number of hydrogen-bond donors (Lipinski definition) is 0. The monoisotopic (exact) mass is 430 g/mol. The number of fused-ring (bicyclic) bond motifs is 1. The van der Waals surface area contributed by atoms with Crippen molar-refractivity contribution >= 4 is 17.8 Å². The number of benzene rings is 3. The molecule has 0 amide bonds. The van der Waals surface area contributed by atoms with E-state index >= 15 is 0 Å². The molecule has 1 aliphatic heterocycles. The second kappa shape index (κ2) is 9.39. The summed E-state index contributed by atoms with van der Waals surface area (Å²) in [5, 5.41) is 0. The third-order valence-corrected chi connectivity index (χ3v) is 5.21. The van der Waals surface area contributed by atoms with Crippen LogP contribution in [-0.2, 0) is 9.53 Å². The zero-order chi connectivity index (χ0) is 22.5. The molecule has 0 spiro atoms. The van der Waals surface area contributed by atoms with Gasteiger partial charge in [-0.2, -0.15) is 0 Å². The van der Waals surface area contributed by atoms with E-state index < -0.39 is 11.9 Å². The fraction of sp³-hybridized carbons (Fsp3) is 0.154. The first-order valence-electron chi connectivity index (χ1n) is 10.0. The molecule has 1 unspecified atom stereocenters. The van der Waals surface area contributed by atoms with Gasteiger partial charge in [0.15, 0.2) is 17.3 Å². The number of Topliss-reactive ketones (excluding diaryl/α,β-unsaturated/α-hetero) is 1. The summed E-state index contributed by atoms with van der Waals surface area (Å²) in [6.07, 6.45) is 1.72. The lowest BCUT2D eigenvalue weighted by Crippen LogP contribution is -2.21. The van der Waals surface area contributed by atoms with Crippen molar-refractivity contribution in [2.45, 2.75) is 5.92 Å². The van der Waals surface area contributed by atoms with E-state index in [-0.39, 0.29) is 18.1 Å². The Morgan fingerprint density at radius 1 is 0.906 bits per heavy atom. The maximum absolute atomic E-state index is 13.6. The first-order valence-corrected chi connectivity index (χ1v) is 10.0. The number of methoxy groups -OCH3 is 2. The van der Waals surface area contributed by atoms with Gasteiger partial charge in [0.05, 0.1) is 14.2 Å². The summed E-state index contributed by atoms with van der Waals surface area (Å²) >= 11 is 0. The number of esters is 1. The van der Waals surface area contributed by atoms with Gasteiger partial charge in [-0.3, -0.25) is 9.59 Å². The molecular weight excluding hydrogens is 408 g/mol. The van der Waals surface area contributed by atoms with Crippen LogP contribution in [0.1, 0.15) is 27.4 Å². The van der Waals surface area contributed by atoms with Gasteiger partial charge >= 0.3 is 5.97 Å². The van der Waals surface area contributed by atoms with Crippen LogP contribution in [0.2, 0.25) is 0 Å². The first-order chi connectivity index (χ1) is 15.6. The molecule has 3 aromatic carbocycles. The predicted molar refractivity (Wildman–Crippen MR) is 119 cm³/mol. The molecule has 0 aromatic heterocycles. The molecule has 3 aromatic rings. The Hall–Kier alpha value is -4.06. The zero-order valence-corrected chi connectivity index (χ0v) is 17.7. The van der Waals surface area contributed by atoms with Crippen molar-refractivity contribution in [3.63, 3.8) is 0 Å². The highest BCUT2D eigenvalue weighted by molar-refractivity contribution is 6.15. The second-order valence-electron chi connectivity index (χ2n) is 7.14. The molecule has 6 heteroatoms. The van der Waals surface area contributed by atoms with Gasteiger partial charge in [0.2, 0.25) is 6.79 Å². The lowest BCUT2D eigenvalue weighted by molar-refractivity contribution is -0.141. The van der Waals surface area contributed by atoms with Crippen molar-refractivity contribution < 1.29 is 28.5 Å². The van der Waals surface area contributed by atoms with Gasteiger partial charge in [0, 0.05) is 11.1 Å². The Balaban J connectivity index is 1.84. The lowest BCUT2D eigenvalue weighted by atomic mass is 9.85. The number of ketones is 1. The molecule has 6 nitrogen and oxygen atoms in total.